The summed E-state index contributed by atoms with van der Waals surface area (Å²) in [6, 6.07) is 9.32. The third-order valence-electron chi connectivity index (χ3n) is 5.22. The number of hydrogen-bond donors (Lipinski definition) is 0. The van der Waals surface area contributed by atoms with E-state index in [1.807, 2.05) is 46.0 Å². The van der Waals surface area contributed by atoms with E-state index in [1.165, 1.54) is 11.0 Å². The van der Waals surface area contributed by atoms with Gasteiger partial charge < -0.3 is 9.42 Å². The number of carbonyl (C=O) groups is 1. The quantitative estimate of drug-likeness (QED) is 0.488. The largest absolute Gasteiger partial charge is 0.339 e. The smallest absolute Gasteiger partial charge is 0.253 e. The molecule has 1 aromatic carbocycles. The number of likely N-dealkylation sites (tertiary alicyclic amines) is 1. The Kier molecular flexibility index (Phi) is 5.06. The standard InChI is InChI=1S/C20H19N7O2S/c28-20(15-4-1-5-17(10-15)27-13-21-24-25-27)26-7-2-3-14(11-26)9-18-22-19(23-29-18)16-6-8-30-12-16/h1,4-6,8,10,12-14H,2-3,7,9,11H2/t14-/m0/s1. The highest BCUT2D eigenvalue weighted by Crippen LogP contribution is 2.24. The van der Waals surface area contributed by atoms with Crippen LogP contribution < -0.4 is 0 Å². The second-order valence-corrected chi connectivity index (χ2v) is 8.07. The van der Waals surface area contributed by atoms with Gasteiger partial charge in [-0.05, 0) is 58.8 Å². The van der Waals surface area contributed by atoms with Crippen molar-refractivity contribution in [1.82, 2.24) is 35.2 Å². The summed E-state index contributed by atoms with van der Waals surface area (Å²) in [5, 5.41) is 19.3. The first-order valence-corrected chi connectivity index (χ1v) is 10.7. The van der Waals surface area contributed by atoms with Gasteiger partial charge in [-0.25, -0.2) is 4.68 Å². The Morgan fingerprint density at radius 3 is 3.10 bits per heavy atom. The second-order valence-electron chi connectivity index (χ2n) is 7.29. The predicted octanol–water partition coefficient (Wildman–Crippen LogP) is 2.87. The van der Waals surface area contributed by atoms with Gasteiger partial charge in [0.15, 0.2) is 0 Å². The molecule has 9 nitrogen and oxygen atoms in total. The molecule has 5 rings (SSSR count). The SMILES string of the molecule is O=C(c1cccc(-n2cnnn2)c1)N1CCC[C@@H](Cc2nc(-c3ccsc3)no2)C1. The van der Waals surface area contributed by atoms with E-state index < -0.39 is 0 Å². The van der Waals surface area contributed by atoms with E-state index in [1.54, 1.807) is 11.3 Å². The van der Waals surface area contributed by atoms with Gasteiger partial charge in [0.05, 0.1) is 5.69 Å². The Labute approximate surface area is 176 Å². The summed E-state index contributed by atoms with van der Waals surface area (Å²) < 4.78 is 6.99. The van der Waals surface area contributed by atoms with Crippen molar-refractivity contribution in [3.8, 4) is 17.1 Å². The molecule has 4 aromatic rings. The normalized spacial score (nSPS) is 16.7. The Morgan fingerprint density at radius 2 is 2.27 bits per heavy atom. The molecule has 4 heterocycles. The fraction of sp³-hybridized carbons (Fsp3) is 0.300. The summed E-state index contributed by atoms with van der Waals surface area (Å²) in [6.07, 6.45) is 4.17. The van der Waals surface area contributed by atoms with E-state index in [0.29, 0.717) is 36.2 Å². The molecule has 0 saturated carbocycles. The summed E-state index contributed by atoms with van der Waals surface area (Å²) >= 11 is 1.60. The van der Waals surface area contributed by atoms with E-state index in [0.717, 1.165) is 30.6 Å². The summed E-state index contributed by atoms with van der Waals surface area (Å²) in [5.74, 6) is 1.55. The van der Waals surface area contributed by atoms with Crippen molar-refractivity contribution >= 4 is 17.2 Å². The Bertz CT molecular complexity index is 1120. The number of tetrazole rings is 1. The number of carbonyl (C=O) groups excluding carboxylic acids is 1. The van der Waals surface area contributed by atoms with Crippen LogP contribution in [0.4, 0.5) is 0 Å². The van der Waals surface area contributed by atoms with Crippen molar-refractivity contribution in [3.05, 3.63) is 58.9 Å². The van der Waals surface area contributed by atoms with Gasteiger partial charge in [0.25, 0.3) is 5.91 Å². The van der Waals surface area contributed by atoms with Crippen molar-refractivity contribution in [2.45, 2.75) is 19.3 Å². The Morgan fingerprint density at radius 1 is 1.30 bits per heavy atom. The number of nitrogens with zero attached hydrogens (tertiary/aromatic N) is 7. The molecule has 30 heavy (non-hydrogen) atoms. The first kappa shape index (κ1) is 18.6. The Balaban J connectivity index is 1.26. The van der Waals surface area contributed by atoms with Crippen LogP contribution >= 0.6 is 11.3 Å². The van der Waals surface area contributed by atoms with E-state index in [4.69, 9.17) is 4.52 Å². The topological polar surface area (TPSA) is 103 Å². The minimum Gasteiger partial charge on any atom is -0.339 e. The summed E-state index contributed by atoms with van der Waals surface area (Å²) in [4.78, 5) is 19.5. The van der Waals surface area contributed by atoms with E-state index in [2.05, 4.69) is 25.7 Å². The highest BCUT2D eigenvalue weighted by atomic mass is 32.1. The molecule has 1 amide bonds. The summed E-state index contributed by atoms with van der Waals surface area (Å²) in [6.45, 7) is 1.42. The van der Waals surface area contributed by atoms with Crippen LogP contribution in [0.5, 0.6) is 0 Å². The van der Waals surface area contributed by atoms with Gasteiger partial charge in [0.2, 0.25) is 11.7 Å². The number of aromatic nitrogens is 6. The molecule has 1 aliphatic heterocycles. The van der Waals surface area contributed by atoms with Crippen molar-refractivity contribution in [2.75, 3.05) is 13.1 Å². The van der Waals surface area contributed by atoms with Crippen LogP contribution in [0.15, 0.2) is 51.9 Å². The van der Waals surface area contributed by atoms with E-state index >= 15 is 0 Å². The second kappa shape index (κ2) is 8.15. The lowest BCUT2D eigenvalue weighted by Crippen LogP contribution is -2.40. The molecule has 1 saturated heterocycles. The minimum absolute atomic E-state index is 0.0131. The molecule has 1 atom stereocenters. The van der Waals surface area contributed by atoms with Crippen LogP contribution in [0.2, 0.25) is 0 Å². The maximum absolute atomic E-state index is 13.1. The fourth-order valence-electron chi connectivity index (χ4n) is 3.75. The number of amides is 1. The average molecular weight is 421 g/mol. The molecule has 3 aromatic heterocycles. The maximum Gasteiger partial charge on any atom is 0.253 e. The molecule has 0 unspecified atom stereocenters. The predicted molar refractivity (Wildman–Crippen MR) is 109 cm³/mol. The number of benzene rings is 1. The molecule has 0 aliphatic carbocycles. The maximum atomic E-state index is 13.1. The lowest BCUT2D eigenvalue weighted by atomic mass is 9.94. The summed E-state index contributed by atoms with van der Waals surface area (Å²) in [7, 11) is 0. The van der Waals surface area contributed by atoms with Crippen LogP contribution in [0, 0.1) is 5.92 Å². The molecule has 0 N–H and O–H groups in total. The van der Waals surface area contributed by atoms with Gasteiger partial charge >= 0.3 is 0 Å². The van der Waals surface area contributed by atoms with Gasteiger partial charge in [-0.15, -0.1) is 5.10 Å². The lowest BCUT2D eigenvalue weighted by Gasteiger charge is -2.32. The van der Waals surface area contributed by atoms with Crippen LogP contribution in [0.1, 0.15) is 29.1 Å². The van der Waals surface area contributed by atoms with E-state index in [-0.39, 0.29) is 5.91 Å². The lowest BCUT2D eigenvalue weighted by molar-refractivity contribution is 0.0668. The molecule has 1 aliphatic rings. The van der Waals surface area contributed by atoms with Gasteiger partial charge in [0.1, 0.15) is 6.33 Å². The van der Waals surface area contributed by atoms with Crippen LogP contribution in [-0.2, 0) is 6.42 Å². The molecule has 0 radical (unpaired) electrons. The zero-order valence-electron chi connectivity index (χ0n) is 16.1. The first-order chi connectivity index (χ1) is 14.8. The molecule has 10 heteroatoms. The van der Waals surface area contributed by atoms with Crippen LogP contribution in [-0.4, -0.2) is 54.2 Å². The van der Waals surface area contributed by atoms with Gasteiger partial charge in [-0.3, -0.25) is 4.79 Å². The highest BCUT2D eigenvalue weighted by molar-refractivity contribution is 7.08. The van der Waals surface area contributed by atoms with Crippen molar-refractivity contribution in [2.24, 2.45) is 5.92 Å². The van der Waals surface area contributed by atoms with Crippen LogP contribution in [0.3, 0.4) is 0 Å². The fourth-order valence-corrected chi connectivity index (χ4v) is 4.39. The van der Waals surface area contributed by atoms with Crippen molar-refractivity contribution < 1.29 is 9.32 Å². The van der Waals surface area contributed by atoms with Gasteiger partial charge in [-0.1, -0.05) is 11.2 Å². The molecule has 0 spiro atoms. The average Bonchev–Trinajstić information content (AvgIpc) is 3.56. The number of thiophene rings is 1. The monoisotopic (exact) mass is 421 g/mol. The van der Waals surface area contributed by atoms with Gasteiger partial charge in [0, 0.05) is 36.0 Å². The zero-order chi connectivity index (χ0) is 20.3. The van der Waals surface area contributed by atoms with Crippen molar-refractivity contribution in [3.63, 3.8) is 0 Å². The zero-order valence-corrected chi connectivity index (χ0v) is 16.9. The molecular weight excluding hydrogens is 402 g/mol. The van der Waals surface area contributed by atoms with Crippen LogP contribution in [0.25, 0.3) is 17.1 Å². The molecule has 152 valence electrons. The minimum atomic E-state index is 0.0131. The number of rotatable bonds is 5. The number of hydrogen-bond acceptors (Lipinski definition) is 8. The summed E-state index contributed by atoms with van der Waals surface area (Å²) in [5.41, 5.74) is 2.35. The molecular formula is C20H19N7O2S. The number of piperidine rings is 1. The van der Waals surface area contributed by atoms with Gasteiger partial charge in [-0.2, -0.15) is 16.3 Å². The highest BCUT2D eigenvalue weighted by Gasteiger charge is 2.26. The first-order valence-electron chi connectivity index (χ1n) is 9.74. The molecule has 0 bridgehead atoms. The molecule has 1 fully saturated rings. The Hall–Kier alpha value is -3.40. The third kappa shape index (κ3) is 3.86. The van der Waals surface area contributed by atoms with Crippen molar-refractivity contribution in [1.29, 1.82) is 0 Å². The third-order valence-corrected chi connectivity index (χ3v) is 5.91. The van der Waals surface area contributed by atoms with E-state index in [9.17, 15) is 4.79 Å².